The number of hydrogen-bond acceptors (Lipinski definition) is 4. The van der Waals surface area contributed by atoms with Crippen molar-refractivity contribution in [1.29, 1.82) is 0 Å². The first kappa shape index (κ1) is 16.5. The fourth-order valence-electron chi connectivity index (χ4n) is 2.37. The third-order valence-electron chi connectivity index (χ3n) is 3.56. The summed E-state index contributed by atoms with van der Waals surface area (Å²) in [6.07, 6.45) is 0. The molecule has 0 saturated carbocycles. The van der Waals surface area contributed by atoms with E-state index in [0.717, 1.165) is 0 Å². The van der Waals surface area contributed by atoms with Crippen molar-refractivity contribution in [1.82, 2.24) is 14.9 Å². The Bertz CT molecular complexity index is 985. The van der Waals surface area contributed by atoms with Gasteiger partial charge in [0.15, 0.2) is 5.76 Å². The van der Waals surface area contributed by atoms with Crippen LogP contribution >= 0.6 is 23.2 Å². The topological polar surface area (TPSA) is 80.9 Å². The smallest absolute Gasteiger partial charge is 0.267 e. The van der Waals surface area contributed by atoms with Gasteiger partial charge in [-0.1, -0.05) is 28.4 Å². The zero-order valence-corrected chi connectivity index (χ0v) is 14.4. The van der Waals surface area contributed by atoms with Crippen LogP contribution in [0, 0.1) is 6.92 Å². The molecule has 3 rings (SSSR count). The average molecular weight is 366 g/mol. The number of hydrogen-bond donors (Lipinski definition) is 1. The maximum absolute atomic E-state index is 12.7. The van der Waals surface area contributed by atoms with Crippen LogP contribution in [0.25, 0.3) is 11.3 Å². The normalized spacial score (nSPS) is 11.0. The molecule has 2 aromatic heterocycles. The minimum atomic E-state index is -0.404. The zero-order chi connectivity index (χ0) is 17.4. The summed E-state index contributed by atoms with van der Waals surface area (Å²) in [5.74, 6) is -0.0322. The molecule has 0 aliphatic carbocycles. The number of ketones is 1. The number of aromatic nitrogens is 3. The number of H-pyrrole nitrogens is 1. The maximum Gasteiger partial charge on any atom is 0.267 e. The van der Waals surface area contributed by atoms with Crippen LogP contribution in [0.5, 0.6) is 0 Å². The minimum absolute atomic E-state index is 0.147. The van der Waals surface area contributed by atoms with Crippen molar-refractivity contribution in [2.45, 2.75) is 20.4 Å². The third kappa shape index (κ3) is 2.79. The van der Waals surface area contributed by atoms with Gasteiger partial charge >= 0.3 is 0 Å². The summed E-state index contributed by atoms with van der Waals surface area (Å²) < 4.78 is 6.53. The molecule has 0 aliphatic rings. The van der Waals surface area contributed by atoms with Crippen LogP contribution in [0.3, 0.4) is 0 Å². The first-order chi connectivity index (χ1) is 11.4. The van der Waals surface area contributed by atoms with Crippen LogP contribution in [-0.2, 0) is 6.54 Å². The number of halogens is 2. The molecule has 124 valence electrons. The van der Waals surface area contributed by atoms with Crippen LogP contribution in [0.15, 0.2) is 33.6 Å². The summed E-state index contributed by atoms with van der Waals surface area (Å²) in [4.78, 5) is 24.4. The number of nitrogens with zero attached hydrogens (tertiary/aromatic N) is 2. The zero-order valence-electron chi connectivity index (χ0n) is 12.9. The second-order valence-corrected chi connectivity index (χ2v) is 5.98. The highest BCUT2D eigenvalue weighted by molar-refractivity contribution is 6.41. The van der Waals surface area contributed by atoms with E-state index in [9.17, 15) is 9.59 Å². The van der Waals surface area contributed by atoms with Gasteiger partial charge in [-0.15, -0.1) is 0 Å². The lowest BCUT2D eigenvalue weighted by Crippen LogP contribution is -2.13. The predicted molar refractivity (Wildman–Crippen MR) is 90.9 cm³/mol. The van der Waals surface area contributed by atoms with E-state index in [0.29, 0.717) is 28.6 Å². The molecule has 0 unspecified atom stereocenters. The Labute approximate surface area is 147 Å². The first-order valence-corrected chi connectivity index (χ1v) is 7.94. The summed E-state index contributed by atoms with van der Waals surface area (Å²) >= 11 is 12.6. The average Bonchev–Trinajstić information content (AvgIpc) is 3.13. The summed E-state index contributed by atoms with van der Waals surface area (Å²) in [5, 5.41) is 7.05. The Balaban J connectivity index is 2.11. The van der Waals surface area contributed by atoms with Gasteiger partial charge < -0.3 is 4.52 Å². The molecule has 0 atom stereocenters. The van der Waals surface area contributed by atoms with Gasteiger partial charge in [0.25, 0.3) is 5.56 Å². The molecule has 0 fully saturated rings. The standard InChI is InChI=1S/C16H13Cl2N3O3/c1-3-21-13(22)7-11(19-21)16(23)9-4-5-10(17)14(15(9)18)12-6-8(2)20-24-12/h4-7,19H,3H2,1-2H3. The lowest BCUT2D eigenvalue weighted by molar-refractivity contribution is 0.103. The lowest BCUT2D eigenvalue weighted by Gasteiger charge is -2.08. The number of benzene rings is 1. The Morgan fingerprint density at radius 1 is 1.33 bits per heavy atom. The van der Waals surface area contributed by atoms with E-state index in [1.807, 2.05) is 0 Å². The largest absolute Gasteiger partial charge is 0.356 e. The molecule has 0 spiro atoms. The van der Waals surface area contributed by atoms with E-state index < -0.39 is 5.78 Å². The van der Waals surface area contributed by atoms with Crippen LogP contribution in [0.1, 0.15) is 28.7 Å². The lowest BCUT2D eigenvalue weighted by atomic mass is 10.0. The van der Waals surface area contributed by atoms with Crippen LogP contribution in [-0.4, -0.2) is 20.7 Å². The second kappa shape index (κ2) is 6.30. The van der Waals surface area contributed by atoms with E-state index in [4.69, 9.17) is 27.7 Å². The van der Waals surface area contributed by atoms with Crippen LogP contribution in [0.4, 0.5) is 0 Å². The fourth-order valence-corrected chi connectivity index (χ4v) is 3.01. The molecule has 0 saturated heterocycles. The molecule has 0 amide bonds. The minimum Gasteiger partial charge on any atom is -0.356 e. The second-order valence-electron chi connectivity index (χ2n) is 5.20. The van der Waals surface area contributed by atoms with E-state index in [-0.39, 0.29) is 21.8 Å². The van der Waals surface area contributed by atoms with Crippen molar-refractivity contribution in [3.63, 3.8) is 0 Å². The maximum atomic E-state index is 12.7. The summed E-state index contributed by atoms with van der Waals surface area (Å²) in [6, 6.07) is 6.00. The molecule has 2 heterocycles. The number of aryl methyl sites for hydroxylation is 2. The van der Waals surface area contributed by atoms with Crippen LogP contribution in [0.2, 0.25) is 10.0 Å². The molecule has 8 heteroatoms. The highest BCUT2D eigenvalue weighted by Crippen LogP contribution is 2.37. The SMILES string of the molecule is CCn1[nH]c(C(=O)c2ccc(Cl)c(-c3cc(C)no3)c2Cl)cc1=O. The number of carbonyl (C=O) groups excluding carboxylic acids is 1. The molecule has 24 heavy (non-hydrogen) atoms. The Hall–Kier alpha value is -2.31. The van der Waals surface area contributed by atoms with Gasteiger partial charge in [0.1, 0.15) is 5.69 Å². The number of aromatic amines is 1. The number of nitrogens with one attached hydrogen (secondary N) is 1. The van der Waals surface area contributed by atoms with Gasteiger partial charge in [0.05, 0.1) is 21.3 Å². The van der Waals surface area contributed by atoms with Crippen molar-refractivity contribution in [3.8, 4) is 11.3 Å². The molecular formula is C16H13Cl2N3O3. The highest BCUT2D eigenvalue weighted by atomic mass is 35.5. The Kier molecular flexibility index (Phi) is 4.34. The van der Waals surface area contributed by atoms with Crippen LogP contribution < -0.4 is 5.56 Å². The molecule has 0 bridgehead atoms. The Morgan fingerprint density at radius 2 is 2.08 bits per heavy atom. The predicted octanol–water partition coefficient (Wildman–Crippen LogP) is 3.70. The molecule has 0 aliphatic heterocycles. The Morgan fingerprint density at radius 3 is 2.67 bits per heavy atom. The van der Waals surface area contributed by atoms with Crippen molar-refractivity contribution in [2.75, 3.05) is 0 Å². The van der Waals surface area contributed by atoms with Gasteiger partial charge in [-0.3, -0.25) is 19.4 Å². The first-order valence-electron chi connectivity index (χ1n) is 7.18. The van der Waals surface area contributed by atoms with Gasteiger partial charge in [0.2, 0.25) is 5.78 Å². The van der Waals surface area contributed by atoms with Crippen molar-refractivity contribution >= 4 is 29.0 Å². The van der Waals surface area contributed by atoms with Gasteiger partial charge in [-0.2, -0.15) is 0 Å². The van der Waals surface area contributed by atoms with Gasteiger partial charge in [-0.05, 0) is 26.0 Å². The number of carbonyl (C=O) groups is 1. The summed E-state index contributed by atoms with van der Waals surface area (Å²) in [6.45, 7) is 4.00. The molecule has 6 nitrogen and oxygen atoms in total. The van der Waals surface area contributed by atoms with Crippen molar-refractivity contribution in [3.05, 3.63) is 61.6 Å². The van der Waals surface area contributed by atoms with Crippen molar-refractivity contribution < 1.29 is 9.32 Å². The monoisotopic (exact) mass is 365 g/mol. The molecule has 0 radical (unpaired) electrons. The van der Waals surface area contributed by atoms with E-state index >= 15 is 0 Å². The highest BCUT2D eigenvalue weighted by Gasteiger charge is 2.22. The van der Waals surface area contributed by atoms with Crippen molar-refractivity contribution in [2.24, 2.45) is 0 Å². The fraction of sp³-hybridized carbons (Fsp3) is 0.188. The molecular weight excluding hydrogens is 353 g/mol. The van der Waals surface area contributed by atoms with E-state index in [1.54, 1.807) is 26.0 Å². The summed E-state index contributed by atoms with van der Waals surface area (Å²) in [7, 11) is 0. The molecule has 1 aromatic carbocycles. The van der Waals surface area contributed by atoms with Gasteiger partial charge in [-0.25, -0.2) is 0 Å². The number of rotatable bonds is 4. The summed E-state index contributed by atoms with van der Waals surface area (Å²) in [5.41, 5.74) is 1.15. The molecule has 3 aromatic rings. The van der Waals surface area contributed by atoms with E-state index in [1.165, 1.54) is 16.8 Å². The van der Waals surface area contributed by atoms with E-state index in [2.05, 4.69) is 10.3 Å². The third-order valence-corrected chi connectivity index (χ3v) is 4.27. The molecule has 1 N–H and O–H groups in total. The van der Waals surface area contributed by atoms with Gasteiger partial charge in [0, 0.05) is 24.2 Å². The quantitative estimate of drug-likeness (QED) is 0.714.